The van der Waals surface area contributed by atoms with Gasteiger partial charge in [0.1, 0.15) is 11.9 Å². The van der Waals surface area contributed by atoms with Crippen molar-refractivity contribution in [2.24, 2.45) is 5.92 Å². The lowest BCUT2D eigenvalue weighted by Gasteiger charge is -2.34. The maximum Gasteiger partial charge on any atom is 0.254 e. The van der Waals surface area contributed by atoms with Gasteiger partial charge in [0, 0.05) is 25.2 Å². The van der Waals surface area contributed by atoms with Crippen molar-refractivity contribution in [3.8, 4) is 6.07 Å². The largest absolute Gasteiger partial charge is 0.394 e. The summed E-state index contributed by atoms with van der Waals surface area (Å²) in [5, 5.41) is 21.3. The van der Waals surface area contributed by atoms with E-state index in [1.807, 2.05) is 6.07 Å². The zero-order valence-electron chi connectivity index (χ0n) is 19.1. The van der Waals surface area contributed by atoms with Crippen LogP contribution < -0.4 is 5.32 Å². The molecule has 4 rings (SSSR count). The Kier molecular flexibility index (Phi) is 7.61. The van der Waals surface area contributed by atoms with Crippen molar-refractivity contribution in [2.75, 3.05) is 26.2 Å². The number of likely N-dealkylation sites (tertiary alicyclic amines) is 1. The van der Waals surface area contributed by atoms with Crippen molar-refractivity contribution < 1.29 is 27.5 Å². The van der Waals surface area contributed by atoms with Gasteiger partial charge in [0.2, 0.25) is 15.9 Å². The van der Waals surface area contributed by atoms with Crippen molar-refractivity contribution >= 4 is 33.4 Å². The van der Waals surface area contributed by atoms with E-state index in [9.17, 15) is 27.5 Å². The van der Waals surface area contributed by atoms with Gasteiger partial charge in [-0.15, -0.1) is 0 Å². The normalized spacial score (nSPS) is 19.4. The second-order valence-corrected chi connectivity index (χ2v) is 11.1. The summed E-state index contributed by atoms with van der Waals surface area (Å²) >= 11 is 5.71. The Morgan fingerprint density at radius 1 is 1.25 bits per heavy atom. The molecule has 190 valence electrons. The molecule has 2 saturated heterocycles. The van der Waals surface area contributed by atoms with Gasteiger partial charge in [-0.05, 0) is 48.7 Å². The topological polar surface area (TPSA) is 131 Å². The van der Waals surface area contributed by atoms with Crippen molar-refractivity contribution in [1.29, 1.82) is 5.26 Å². The first kappa shape index (κ1) is 26.0. The average Bonchev–Trinajstić information content (AvgIpc) is 3.33. The first-order valence-corrected chi connectivity index (χ1v) is 13.1. The van der Waals surface area contributed by atoms with Crippen LogP contribution >= 0.6 is 11.6 Å². The second-order valence-electron chi connectivity index (χ2n) is 8.75. The van der Waals surface area contributed by atoms with Gasteiger partial charge in [0.15, 0.2) is 0 Å². The van der Waals surface area contributed by atoms with Crippen molar-refractivity contribution in [2.45, 2.75) is 29.8 Å². The Hall–Kier alpha value is -3.04. The molecule has 9 nitrogen and oxygen atoms in total. The highest BCUT2D eigenvalue weighted by atomic mass is 35.5. The minimum Gasteiger partial charge on any atom is -0.394 e. The van der Waals surface area contributed by atoms with Crippen molar-refractivity contribution in [1.82, 2.24) is 14.5 Å². The summed E-state index contributed by atoms with van der Waals surface area (Å²) in [6.45, 7) is 0.0175. The van der Waals surface area contributed by atoms with Crippen LogP contribution in [-0.2, 0) is 14.8 Å². The van der Waals surface area contributed by atoms with Gasteiger partial charge in [-0.3, -0.25) is 9.59 Å². The molecule has 0 aromatic heterocycles. The number of aliphatic hydroxyl groups is 1. The molecule has 2 heterocycles. The lowest BCUT2D eigenvalue weighted by Crippen LogP contribution is -2.49. The Balaban J connectivity index is 1.49. The molecular weight excluding hydrogens is 511 g/mol. The highest BCUT2D eigenvalue weighted by Crippen LogP contribution is 2.27. The summed E-state index contributed by atoms with van der Waals surface area (Å²) in [6.07, 6.45) is 0.941. The summed E-state index contributed by atoms with van der Waals surface area (Å²) in [4.78, 5) is 27.6. The first-order chi connectivity index (χ1) is 17.1. The quantitative estimate of drug-likeness (QED) is 0.559. The highest BCUT2D eigenvalue weighted by molar-refractivity contribution is 7.89. The van der Waals surface area contributed by atoms with E-state index in [1.165, 1.54) is 45.6 Å². The highest BCUT2D eigenvalue weighted by Gasteiger charge is 2.38. The Morgan fingerprint density at radius 3 is 2.67 bits per heavy atom. The summed E-state index contributed by atoms with van der Waals surface area (Å²) < 4.78 is 40.7. The van der Waals surface area contributed by atoms with Gasteiger partial charge in [-0.25, -0.2) is 12.8 Å². The molecule has 12 heteroatoms. The van der Waals surface area contributed by atoms with Crippen LogP contribution in [-0.4, -0.2) is 66.8 Å². The fraction of sp³-hybridized carbons (Fsp3) is 0.375. The first-order valence-electron chi connectivity index (χ1n) is 11.3. The molecule has 0 spiro atoms. The fourth-order valence-electron chi connectivity index (χ4n) is 4.33. The standard InChI is InChI=1S/C24H24ClFN4O5S/c25-19-7-6-16(10-20(19)26)21(14-31)28-23(32)22-5-2-8-30(22)24(33)17-3-1-4-18(9-17)36(34,35)29-12-15(11-27)13-29/h1,3-4,6-7,9-10,15,21-22,31H,2,5,8,12-14H2,(H,28,32)/t21-,22-/m1/s1. The SMILES string of the molecule is N#CC1CN(S(=O)(=O)c2cccc(C(=O)N3CCC[C@@H]3C(=O)N[C@H](CO)c3ccc(Cl)c(F)c3)c2)C1. The third kappa shape index (κ3) is 5.08. The smallest absolute Gasteiger partial charge is 0.254 e. The van der Waals surface area contributed by atoms with E-state index in [2.05, 4.69) is 5.32 Å². The maximum atomic E-state index is 13.9. The molecule has 2 N–H and O–H groups in total. The van der Waals surface area contributed by atoms with Crippen molar-refractivity contribution in [3.05, 3.63) is 64.4 Å². The van der Waals surface area contributed by atoms with E-state index in [1.54, 1.807) is 0 Å². The molecule has 2 aromatic carbocycles. The van der Waals surface area contributed by atoms with Gasteiger partial charge >= 0.3 is 0 Å². The van der Waals surface area contributed by atoms with Crippen LogP contribution in [0.25, 0.3) is 0 Å². The molecule has 2 fully saturated rings. The Morgan fingerprint density at radius 2 is 2.00 bits per heavy atom. The molecule has 2 amide bonds. The number of halogens is 2. The average molecular weight is 535 g/mol. The number of benzene rings is 2. The predicted molar refractivity (Wildman–Crippen MR) is 128 cm³/mol. The van der Waals surface area contributed by atoms with Gasteiger partial charge in [0.25, 0.3) is 5.91 Å². The molecule has 2 aromatic rings. The molecule has 0 bridgehead atoms. The second kappa shape index (κ2) is 10.5. The van der Waals surface area contributed by atoms with Crippen molar-refractivity contribution in [3.63, 3.8) is 0 Å². The third-order valence-electron chi connectivity index (χ3n) is 6.41. The molecule has 2 aliphatic rings. The molecule has 0 unspecified atom stereocenters. The molecular formula is C24H24ClFN4O5S. The van der Waals surface area contributed by atoms with Crippen LogP contribution in [0.1, 0.15) is 34.8 Å². The maximum absolute atomic E-state index is 13.9. The lowest BCUT2D eigenvalue weighted by atomic mass is 10.1. The number of hydrogen-bond acceptors (Lipinski definition) is 6. The predicted octanol–water partition coefficient (Wildman–Crippen LogP) is 2.08. The summed E-state index contributed by atoms with van der Waals surface area (Å²) in [6, 6.07) is 9.84. The number of nitrogens with one attached hydrogen (secondary N) is 1. The van der Waals surface area contributed by atoms with Gasteiger partial charge in [-0.1, -0.05) is 23.7 Å². The van der Waals surface area contributed by atoms with Crippen LogP contribution in [0, 0.1) is 23.1 Å². The summed E-state index contributed by atoms with van der Waals surface area (Å²) in [5.74, 6) is -2.04. The Bertz CT molecular complexity index is 1330. The van der Waals surface area contributed by atoms with Crippen LogP contribution in [0.3, 0.4) is 0 Å². The number of amides is 2. The zero-order valence-corrected chi connectivity index (χ0v) is 20.7. The number of sulfonamides is 1. The van der Waals surface area contributed by atoms with Gasteiger partial charge in [-0.2, -0.15) is 9.57 Å². The third-order valence-corrected chi connectivity index (χ3v) is 8.54. The summed E-state index contributed by atoms with van der Waals surface area (Å²) in [7, 11) is -3.85. The van der Waals surface area contributed by atoms with Crippen LogP contribution in [0.15, 0.2) is 47.4 Å². The monoisotopic (exact) mass is 534 g/mol. The number of carbonyl (C=O) groups is 2. The molecule has 0 aliphatic carbocycles. The van der Waals surface area contributed by atoms with Gasteiger partial charge < -0.3 is 15.3 Å². The minimum absolute atomic E-state index is 0.0601. The number of nitrogens with zero attached hydrogens (tertiary/aromatic N) is 3. The van der Waals surface area contributed by atoms with E-state index in [0.29, 0.717) is 24.9 Å². The van der Waals surface area contributed by atoms with Crippen LogP contribution in [0.4, 0.5) is 4.39 Å². The number of carbonyl (C=O) groups excluding carboxylic acids is 2. The molecule has 36 heavy (non-hydrogen) atoms. The van der Waals surface area contributed by atoms with Gasteiger partial charge in [0.05, 0.1) is 34.6 Å². The molecule has 2 aliphatic heterocycles. The minimum atomic E-state index is -3.85. The zero-order chi connectivity index (χ0) is 26.0. The van der Waals surface area contributed by atoms with Crippen LogP contribution in [0.2, 0.25) is 5.02 Å². The van der Waals surface area contributed by atoms with E-state index >= 15 is 0 Å². The number of aliphatic hydroxyl groups excluding tert-OH is 1. The summed E-state index contributed by atoms with van der Waals surface area (Å²) in [5.41, 5.74) is 0.442. The van der Waals surface area contributed by atoms with Crippen LogP contribution in [0.5, 0.6) is 0 Å². The van der Waals surface area contributed by atoms with E-state index < -0.39 is 46.3 Å². The van der Waals surface area contributed by atoms with E-state index in [0.717, 1.165) is 6.07 Å². The molecule has 0 radical (unpaired) electrons. The fourth-order valence-corrected chi connectivity index (χ4v) is 6.03. The molecule has 2 atom stereocenters. The number of hydrogen-bond donors (Lipinski definition) is 2. The van der Waals surface area contributed by atoms with E-state index in [4.69, 9.17) is 16.9 Å². The lowest BCUT2D eigenvalue weighted by molar-refractivity contribution is -0.126. The van der Waals surface area contributed by atoms with E-state index in [-0.39, 0.29) is 34.5 Å². The number of nitriles is 1. The number of rotatable bonds is 7. The molecule has 0 saturated carbocycles. The Labute approximate surface area is 213 Å².